The number of benzene rings is 2. The molecule has 1 unspecified atom stereocenters. The Balaban J connectivity index is 2.02. The van der Waals surface area contributed by atoms with Gasteiger partial charge < -0.3 is 9.84 Å². The van der Waals surface area contributed by atoms with Crippen LogP contribution in [0.2, 0.25) is 5.02 Å². The molecule has 0 aliphatic carbocycles. The second kappa shape index (κ2) is 7.61. The summed E-state index contributed by atoms with van der Waals surface area (Å²) >= 11 is 5.80. The number of carboxylic acids is 1. The quantitative estimate of drug-likeness (QED) is 0.640. The zero-order valence-electron chi connectivity index (χ0n) is 12.4. The maximum atomic E-state index is 12.1. The van der Waals surface area contributed by atoms with Crippen LogP contribution in [0.15, 0.2) is 54.6 Å². The van der Waals surface area contributed by atoms with E-state index in [0.29, 0.717) is 16.3 Å². The number of rotatable bonds is 6. The van der Waals surface area contributed by atoms with Gasteiger partial charge in [0.15, 0.2) is 11.9 Å². The molecule has 2 aromatic rings. The van der Waals surface area contributed by atoms with Crippen LogP contribution >= 0.6 is 11.6 Å². The molecule has 118 valence electrons. The van der Waals surface area contributed by atoms with Crippen molar-refractivity contribution in [2.75, 3.05) is 0 Å². The van der Waals surface area contributed by atoms with Crippen LogP contribution in [0.25, 0.3) is 6.08 Å². The highest BCUT2D eigenvalue weighted by molar-refractivity contribution is 6.30. The average Bonchev–Trinajstić information content (AvgIpc) is 2.54. The molecule has 0 aromatic heterocycles. The van der Waals surface area contributed by atoms with Crippen LogP contribution in [0.5, 0.6) is 5.75 Å². The lowest BCUT2D eigenvalue weighted by Gasteiger charge is -2.10. The molecule has 1 N–H and O–H groups in total. The summed E-state index contributed by atoms with van der Waals surface area (Å²) in [6.45, 7) is 1.44. The molecule has 4 nitrogen and oxygen atoms in total. The molecule has 0 heterocycles. The summed E-state index contributed by atoms with van der Waals surface area (Å²) in [6.07, 6.45) is 2.23. The summed E-state index contributed by atoms with van der Waals surface area (Å²) < 4.78 is 5.21. The van der Waals surface area contributed by atoms with Gasteiger partial charge in [-0.05, 0) is 55.0 Å². The van der Waals surface area contributed by atoms with E-state index in [1.165, 1.54) is 13.0 Å². The minimum atomic E-state index is -1.05. The second-order valence-electron chi connectivity index (χ2n) is 4.87. The zero-order chi connectivity index (χ0) is 16.8. The minimum Gasteiger partial charge on any atom is -0.479 e. The third-order valence-corrected chi connectivity index (χ3v) is 3.35. The molecule has 0 saturated heterocycles. The number of hydrogen-bond donors (Lipinski definition) is 1. The highest BCUT2D eigenvalue weighted by Crippen LogP contribution is 2.15. The number of ketones is 1. The second-order valence-corrected chi connectivity index (χ2v) is 5.31. The number of hydrogen-bond acceptors (Lipinski definition) is 3. The molecule has 0 aliphatic rings. The predicted molar refractivity (Wildman–Crippen MR) is 89.0 cm³/mol. The van der Waals surface area contributed by atoms with Crippen LogP contribution in [0.4, 0.5) is 0 Å². The summed E-state index contributed by atoms with van der Waals surface area (Å²) in [4.78, 5) is 22.8. The van der Waals surface area contributed by atoms with E-state index in [2.05, 4.69) is 0 Å². The first-order chi connectivity index (χ1) is 11.0. The summed E-state index contributed by atoms with van der Waals surface area (Å²) in [5.74, 6) is -0.799. The van der Waals surface area contributed by atoms with Crippen molar-refractivity contribution in [2.45, 2.75) is 13.0 Å². The molecular formula is C18H15ClO4. The fraction of sp³-hybridized carbons (Fsp3) is 0.111. The Labute approximate surface area is 139 Å². The van der Waals surface area contributed by atoms with Crippen LogP contribution < -0.4 is 4.74 Å². The first-order valence-electron chi connectivity index (χ1n) is 6.93. The largest absolute Gasteiger partial charge is 0.479 e. The number of aliphatic carboxylic acids is 1. The van der Waals surface area contributed by atoms with Crippen molar-refractivity contribution in [3.63, 3.8) is 0 Å². The van der Waals surface area contributed by atoms with E-state index in [-0.39, 0.29) is 5.78 Å². The van der Waals surface area contributed by atoms with Crippen molar-refractivity contribution in [1.82, 2.24) is 0 Å². The highest BCUT2D eigenvalue weighted by Gasteiger charge is 2.12. The Morgan fingerprint density at radius 3 is 2.26 bits per heavy atom. The summed E-state index contributed by atoms with van der Waals surface area (Å²) in [6, 6.07) is 13.5. The van der Waals surface area contributed by atoms with Crippen molar-refractivity contribution in [3.05, 3.63) is 70.8 Å². The van der Waals surface area contributed by atoms with Crippen molar-refractivity contribution >= 4 is 29.4 Å². The van der Waals surface area contributed by atoms with Gasteiger partial charge in [0.2, 0.25) is 0 Å². The molecule has 0 amide bonds. The van der Waals surface area contributed by atoms with Crippen LogP contribution in [-0.2, 0) is 4.79 Å². The molecule has 0 radical (unpaired) electrons. The minimum absolute atomic E-state index is 0.155. The van der Waals surface area contributed by atoms with Crippen LogP contribution in [-0.4, -0.2) is 23.0 Å². The zero-order valence-corrected chi connectivity index (χ0v) is 13.2. The highest BCUT2D eigenvalue weighted by atomic mass is 35.5. The number of allylic oxidation sites excluding steroid dienone is 1. The van der Waals surface area contributed by atoms with Crippen molar-refractivity contribution in [3.8, 4) is 5.75 Å². The van der Waals surface area contributed by atoms with E-state index in [0.717, 1.165) is 5.56 Å². The lowest BCUT2D eigenvalue weighted by atomic mass is 10.1. The maximum Gasteiger partial charge on any atom is 0.344 e. The van der Waals surface area contributed by atoms with E-state index < -0.39 is 12.1 Å². The Morgan fingerprint density at radius 1 is 1.09 bits per heavy atom. The third-order valence-electron chi connectivity index (χ3n) is 3.10. The first-order valence-corrected chi connectivity index (χ1v) is 7.31. The lowest BCUT2D eigenvalue weighted by molar-refractivity contribution is -0.144. The maximum absolute atomic E-state index is 12.1. The normalized spacial score (nSPS) is 12.1. The molecule has 0 spiro atoms. The molecule has 0 fully saturated rings. The number of carbonyl (C=O) groups excluding carboxylic acids is 1. The fourth-order valence-electron chi connectivity index (χ4n) is 1.79. The van der Waals surface area contributed by atoms with Gasteiger partial charge in [-0.15, -0.1) is 0 Å². The van der Waals surface area contributed by atoms with Gasteiger partial charge in [-0.25, -0.2) is 4.79 Å². The Kier molecular flexibility index (Phi) is 5.55. The standard InChI is InChI=1S/C18H15ClO4/c1-12(18(21)22)23-16-9-5-14(6-10-16)17(20)11-4-13-2-7-15(19)8-3-13/h2-12H,1H3,(H,21,22)/b11-4+. The van der Waals surface area contributed by atoms with Gasteiger partial charge in [-0.1, -0.05) is 29.8 Å². The molecule has 1 atom stereocenters. The average molecular weight is 331 g/mol. The Morgan fingerprint density at radius 2 is 1.70 bits per heavy atom. The van der Waals surface area contributed by atoms with Gasteiger partial charge in [-0.2, -0.15) is 0 Å². The number of halogens is 1. The smallest absolute Gasteiger partial charge is 0.344 e. The van der Waals surface area contributed by atoms with E-state index >= 15 is 0 Å². The predicted octanol–water partition coefficient (Wildman–Crippen LogP) is 4.09. The lowest BCUT2D eigenvalue weighted by Crippen LogP contribution is -2.22. The molecule has 0 bridgehead atoms. The van der Waals surface area contributed by atoms with Crippen molar-refractivity contribution in [1.29, 1.82) is 0 Å². The van der Waals surface area contributed by atoms with Crippen molar-refractivity contribution < 1.29 is 19.4 Å². The van der Waals surface area contributed by atoms with Crippen LogP contribution in [0.3, 0.4) is 0 Å². The molecule has 0 saturated carbocycles. The van der Waals surface area contributed by atoms with Crippen LogP contribution in [0.1, 0.15) is 22.8 Å². The summed E-state index contributed by atoms with van der Waals surface area (Å²) in [7, 11) is 0. The fourth-order valence-corrected chi connectivity index (χ4v) is 1.92. The van der Waals surface area contributed by atoms with Crippen LogP contribution in [0, 0.1) is 0 Å². The van der Waals surface area contributed by atoms with E-state index in [1.807, 2.05) is 12.1 Å². The van der Waals surface area contributed by atoms with E-state index in [1.54, 1.807) is 42.5 Å². The topological polar surface area (TPSA) is 63.6 Å². The Hall–Kier alpha value is -2.59. The summed E-state index contributed by atoms with van der Waals surface area (Å²) in [5.41, 5.74) is 1.36. The number of carbonyl (C=O) groups is 2. The van der Waals surface area contributed by atoms with Gasteiger partial charge in [0.25, 0.3) is 0 Å². The molecule has 2 aromatic carbocycles. The van der Waals surface area contributed by atoms with Crippen molar-refractivity contribution in [2.24, 2.45) is 0 Å². The molecule has 5 heteroatoms. The van der Waals surface area contributed by atoms with E-state index in [9.17, 15) is 9.59 Å². The van der Waals surface area contributed by atoms with Gasteiger partial charge in [0.1, 0.15) is 5.75 Å². The molecule has 0 aliphatic heterocycles. The Bertz CT molecular complexity index is 718. The number of carboxylic acid groups (broad SMARTS) is 1. The molecule has 23 heavy (non-hydrogen) atoms. The van der Waals surface area contributed by atoms with Gasteiger partial charge in [-0.3, -0.25) is 4.79 Å². The first kappa shape index (κ1) is 16.8. The van der Waals surface area contributed by atoms with E-state index in [4.69, 9.17) is 21.4 Å². The number of ether oxygens (including phenoxy) is 1. The van der Waals surface area contributed by atoms with Gasteiger partial charge >= 0.3 is 5.97 Å². The summed E-state index contributed by atoms with van der Waals surface area (Å²) in [5, 5.41) is 9.42. The third kappa shape index (κ3) is 4.97. The molecular weight excluding hydrogens is 316 g/mol. The van der Waals surface area contributed by atoms with Gasteiger partial charge in [0.05, 0.1) is 0 Å². The SMILES string of the molecule is CC(Oc1ccc(C(=O)/C=C/c2ccc(Cl)cc2)cc1)C(=O)O. The molecule has 2 rings (SSSR count). The van der Waals surface area contributed by atoms with Gasteiger partial charge in [0, 0.05) is 10.6 Å². The monoisotopic (exact) mass is 330 g/mol.